The maximum absolute atomic E-state index is 12.5. The van der Waals surface area contributed by atoms with Crippen molar-refractivity contribution in [3.8, 4) is 5.69 Å². The first-order chi connectivity index (χ1) is 12.1. The first kappa shape index (κ1) is 16.6. The van der Waals surface area contributed by atoms with Crippen LogP contribution in [0.25, 0.3) is 5.69 Å². The minimum atomic E-state index is -0.606. The Morgan fingerprint density at radius 3 is 2.44 bits per heavy atom. The molecule has 5 nitrogen and oxygen atoms in total. The summed E-state index contributed by atoms with van der Waals surface area (Å²) >= 11 is 0. The maximum Gasteiger partial charge on any atom is 0.357 e. The van der Waals surface area contributed by atoms with E-state index < -0.39 is 5.97 Å². The Morgan fingerprint density at radius 1 is 1.04 bits per heavy atom. The van der Waals surface area contributed by atoms with E-state index in [1.807, 2.05) is 54.8 Å². The van der Waals surface area contributed by atoms with Gasteiger partial charge in [-0.2, -0.15) is 0 Å². The second-order valence-electron chi connectivity index (χ2n) is 5.67. The van der Waals surface area contributed by atoms with Crippen LogP contribution in [0.1, 0.15) is 32.2 Å². The Kier molecular flexibility index (Phi) is 4.75. The van der Waals surface area contributed by atoms with Gasteiger partial charge in [-0.15, -0.1) is 0 Å². The summed E-state index contributed by atoms with van der Waals surface area (Å²) in [5.41, 5.74) is 3.49. The standard InChI is InChI=1S/C20H18N2O3/c1-14-12-17(15(2)22(14)16-8-4-3-5-9-16)19(23)13-25-20(24)18-10-6-7-11-21-18/h3-12H,13H2,1-2H3. The normalized spacial score (nSPS) is 10.5. The summed E-state index contributed by atoms with van der Waals surface area (Å²) in [7, 11) is 0. The first-order valence-electron chi connectivity index (χ1n) is 7.93. The van der Waals surface area contributed by atoms with E-state index in [0.29, 0.717) is 5.56 Å². The third kappa shape index (κ3) is 3.50. The van der Waals surface area contributed by atoms with Gasteiger partial charge in [-0.1, -0.05) is 24.3 Å². The molecule has 3 rings (SSSR count). The fraction of sp³-hybridized carbons (Fsp3) is 0.150. The molecule has 0 bridgehead atoms. The van der Waals surface area contributed by atoms with E-state index in [4.69, 9.17) is 4.74 Å². The van der Waals surface area contributed by atoms with Gasteiger partial charge in [0.1, 0.15) is 5.69 Å². The molecule has 0 unspecified atom stereocenters. The highest BCUT2D eigenvalue weighted by Crippen LogP contribution is 2.21. The van der Waals surface area contributed by atoms with Gasteiger partial charge in [0.15, 0.2) is 6.61 Å². The predicted octanol–water partition coefficient (Wildman–Crippen LogP) is 3.53. The lowest BCUT2D eigenvalue weighted by Crippen LogP contribution is -2.15. The van der Waals surface area contributed by atoms with Gasteiger partial charge in [-0.3, -0.25) is 4.79 Å². The van der Waals surface area contributed by atoms with E-state index >= 15 is 0 Å². The molecule has 0 aliphatic carbocycles. The number of ether oxygens (including phenoxy) is 1. The summed E-state index contributed by atoms with van der Waals surface area (Å²) in [6, 6.07) is 16.6. The molecule has 0 atom stereocenters. The lowest BCUT2D eigenvalue weighted by atomic mass is 10.1. The number of carbonyl (C=O) groups is 2. The van der Waals surface area contributed by atoms with E-state index in [1.165, 1.54) is 6.20 Å². The molecular formula is C20H18N2O3. The minimum absolute atomic E-state index is 0.185. The fourth-order valence-corrected chi connectivity index (χ4v) is 2.79. The number of esters is 1. The number of nitrogens with zero attached hydrogens (tertiary/aromatic N) is 2. The number of rotatable bonds is 5. The Balaban J connectivity index is 1.76. The second-order valence-corrected chi connectivity index (χ2v) is 5.67. The van der Waals surface area contributed by atoms with E-state index in [1.54, 1.807) is 18.2 Å². The number of benzene rings is 1. The summed E-state index contributed by atoms with van der Waals surface area (Å²) in [6.07, 6.45) is 1.51. The van der Waals surface area contributed by atoms with Crippen molar-refractivity contribution in [2.45, 2.75) is 13.8 Å². The zero-order valence-electron chi connectivity index (χ0n) is 14.1. The molecule has 0 amide bonds. The van der Waals surface area contributed by atoms with E-state index in [2.05, 4.69) is 4.98 Å². The third-order valence-corrected chi connectivity index (χ3v) is 3.95. The summed E-state index contributed by atoms with van der Waals surface area (Å²) < 4.78 is 7.10. The maximum atomic E-state index is 12.5. The van der Waals surface area contributed by atoms with E-state index in [9.17, 15) is 9.59 Å². The molecule has 2 heterocycles. The SMILES string of the molecule is Cc1cc(C(=O)COC(=O)c2ccccn2)c(C)n1-c1ccccc1. The highest BCUT2D eigenvalue weighted by atomic mass is 16.5. The van der Waals surface area contributed by atoms with Gasteiger partial charge in [0.25, 0.3) is 0 Å². The van der Waals surface area contributed by atoms with Crippen LogP contribution in [-0.4, -0.2) is 27.9 Å². The molecule has 0 fully saturated rings. The first-order valence-corrected chi connectivity index (χ1v) is 7.93. The zero-order chi connectivity index (χ0) is 17.8. The number of ketones is 1. The molecule has 25 heavy (non-hydrogen) atoms. The average molecular weight is 334 g/mol. The molecule has 0 saturated heterocycles. The van der Waals surface area contributed by atoms with Crippen LogP contribution < -0.4 is 0 Å². The lowest BCUT2D eigenvalue weighted by molar-refractivity contribution is 0.0468. The van der Waals surface area contributed by atoms with Crippen molar-refractivity contribution < 1.29 is 14.3 Å². The molecule has 5 heteroatoms. The topological polar surface area (TPSA) is 61.2 Å². The summed E-state index contributed by atoms with van der Waals surface area (Å²) in [5.74, 6) is -0.842. The van der Waals surface area contributed by atoms with E-state index in [0.717, 1.165) is 17.1 Å². The highest BCUT2D eigenvalue weighted by Gasteiger charge is 2.18. The Hall–Kier alpha value is -3.21. The summed E-state index contributed by atoms with van der Waals surface area (Å²) in [4.78, 5) is 28.3. The van der Waals surface area contributed by atoms with Gasteiger partial charge in [0.2, 0.25) is 5.78 Å². The van der Waals surface area contributed by atoms with Gasteiger partial charge in [0.05, 0.1) is 0 Å². The lowest BCUT2D eigenvalue weighted by Gasteiger charge is -2.09. The van der Waals surface area contributed by atoms with Crippen LogP contribution in [0.3, 0.4) is 0 Å². The Labute approximate surface area is 145 Å². The van der Waals surface area contributed by atoms with Gasteiger partial charge in [-0.25, -0.2) is 9.78 Å². The molecule has 1 aromatic carbocycles. The largest absolute Gasteiger partial charge is 0.453 e. The molecule has 0 radical (unpaired) electrons. The molecule has 0 saturated carbocycles. The Morgan fingerprint density at radius 2 is 1.76 bits per heavy atom. The van der Waals surface area contributed by atoms with Gasteiger partial charge in [0, 0.05) is 28.8 Å². The highest BCUT2D eigenvalue weighted by molar-refractivity contribution is 6.00. The number of Topliss-reactive ketones (excluding diaryl/α,β-unsaturated/α-hetero) is 1. The van der Waals surface area contributed by atoms with Crippen molar-refractivity contribution in [1.82, 2.24) is 9.55 Å². The molecular weight excluding hydrogens is 316 g/mol. The molecule has 0 aliphatic heterocycles. The number of carbonyl (C=O) groups excluding carboxylic acids is 2. The number of aryl methyl sites for hydroxylation is 1. The molecule has 0 N–H and O–H groups in total. The number of para-hydroxylation sites is 1. The average Bonchev–Trinajstić information content (AvgIpc) is 2.95. The third-order valence-electron chi connectivity index (χ3n) is 3.95. The smallest absolute Gasteiger partial charge is 0.357 e. The van der Waals surface area contributed by atoms with Crippen molar-refractivity contribution in [2.75, 3.05) is 6.61 Å². The summed E-state index contributed by atoms with van der Waals surface area (Å²) in [6.45, 7) is 3.51. The van der Waals surface area contributed by atoms with Crippen molar-refractivity contribution in [2.24, 2.45) is 0 Å². The molecule has 126 valence electrons. The molecule has 0 spiro atoms. The van der Waals surface area contributed by atoms with Gasteiger partial charge in [-0.05, 0) is 44.2 Å². The monoisotopic (exact) mass is 334 g/mol. The van der Waals surface area contributed by atoms with Crippen LogP contribution in [0.2, 0.25) is 0 Å². The molecule has 2 aromatic heterocycles. The molecule has 3 aromatic rings. The van der Waals surface area contributed by atoms with Crippen molar-refractivity contribution >= 4 is 11.8 Å². The quantitative estimate of drug-likeness (QED) is 0.529. The van der Waals surface area contributed by atoms with Crippen LogP contribution >= 0.6 is 0 Å². The number of pyridine rings is 1. The van der Waals surface area contributed by atoms with Crippen molar-refractivity contribution in [1.29, 1.82) is 0 Å². The van der Waals surface area contributed by atoms with Crippen LogP contribution in [-0.2, 0) is 4.74 Å². The second kappa shape index (κ2) is 7.13. The molecule has 0 aliphatic rings. The summed E-state index contributed by atoms with van der Waals surface area (Å²) in [5, 5.41) is 0. The van der Waals surface area contributed by atoms with Crippen molar-refractivity contribution in [3.05, 3.63) is 83.4 Å². The zero-order valence-corrected chi connectivity index (χ0v) is 14.1. The van der Waals surface area contributed by atoms with Gasteiger partial charge >= 0.3 is 5.97 Å². The van der Waals surface area contributed by atoms with Gasteiger partial charge < -0.3 is 9.30 Å². The van der Waals surface area contributed by atoms with Crippen LogP contribution in [0.5, 0.6) is 0 Å². The minimum Gasteiger partial charge on any atom is -0.453 e. The fourth-order valence-electron chi connectivity index (χ4n) is 2.79. The number of aromatic nitrogens is 2. The number of hydrogen-bond donors (Lipinski definition) is 0. The van der Waals surface area contributed by atoms with Crippen molar-refractivity contribution in [3.63, 3.8) is 0 Å². The van der Waals surface area contributed by atoms with Crippen LogP contribution in [0.15, 0.2) is 60.8 Å². The Bertz CT molecular complexity index is 899. The predicted molar refractivity (Wildman–Crippen MR) is 94.1 cm³/mol. The van der Waals surface area contributed by atoms with Crippen LogP contribution in [0.4, 0.5) is 0 Å². The van der Waals surface area contributed by atoms with E-state index in [-0.39, 0.29) is 18.1 Å². The van der Waals surface area contributed by atoms with Crippen LogP contribution in [0, 0.1) is 13.8 Å². The number of hydrogen-bond acceptors (Lipinski definition) is 4.